The van der Waals surface area contributed by atoms with Crippen LogP contribution in [0.5, 0.6) is 5.75 Å². The van der Waals surface area contributed by atoms with Crippen LogP contribution in [0, 0.1) is 12.7 Å². The van der Waals surface area contributed by atoms with E-state index in [1.54, 1.807) is 24.0 Å². The van der Waals surface area contributed by atoms with E-state index >= 15 is 0 Å². The lowest BCUT2D eigenvalue weighted by Crippen LogP contribution is -2.50. The van der Waals surface area contributed by atoms with Crippen LogP contribution in [0.25, 0.3) is 0 Å². The number of carbonyl (C=O) groups is 2. The maximum absolute atomic E-state index is 14.0. The number of carbonyl (C=O) groups excluding carboxylic acids is 2. The molecule has 0 saturated carbocycles. The van der Waals surface area contributed by atoms with Crippen molar-refractivity contribution in [2.45, 2.75) is 45.1 Å². The first-order chi connectivity index (χ1) is 14.8. The van der Waals surface area contributed by atoms with Crippen LogP contribution in [0.1, 0.15) is 44.8 Å². The number of aromatic hydroxyl groups is 1. The summed E-state index contributed by atoms with van der Waals surface area (Å²) in [4.78, 5) is 42.3. The second kappa shape index (κ2) is 7.19. The number of rotatable bonds is 3. The van der Waals surface area contributed by atoms with Gasteiger partial charge in [-0.25, -0.2) is 4.39 Å². The smallest absolute Gasteiger partial charge is 0.275 e. The molecular formula is C22H23FN4O4. The Balaban J connectivity index is 1.43. The lowest BCUT2D eigenvalue weighted by Gasteiger charge is -2.35. The zero-order valence-electron chi connectivity index (χ0n) is 17.1. The Morgan fingerprint density at radius 3 is 2.87 bits per heavy atom. The number of pyridine rings is 1. The summed E-state index contributed by atoms with van der Waals surface area (Å²) in [6, 6.07) is 4.97. The minimum absolute atomic E-state index is 0.0800. The Morgan fingerprint density at radius 2 is 2.10 bits per heavy atom. The minimum atomic E-state index is -0.903. The molecule has 31 heavy (non-hydrogen) atoms. The molecule has 8 nitrogen and oxygen atoms in total. The number of nitrogens with zero attached hydrogens (tertiary/aromatic N) is 3. The topological polar surface area (TPSA) is 94.9 Å². The van der Waals surface area contributed by atoms with Gasteiger partial charge in [-0.05, 0) is 31.4 Å². The molecule has 0 aliphatic carbocycles. The number of fused-ring (bicyclic) bond motifs is 4. The standard InChI is InChI=1S/C22H23FN4O4/c1-12-4-5-13(16(23)7-12)8-24-21(30)15-10-25-11-17-26-6-2-3-14(26)9-27(17)22(31)18(25)20(29)19(15)28/h4-5,7,10,14,17,29H,2-3,6,8-9,11H2,1H3,(H,24,30)/t14-,17+/m1/s1. The van der Waals surface area contributed by atoms with Crippen molar-refractivity contribution < 1.29 is 19.1 Å². The first-order valence-electron chi connectivity index (χ1n) is 10.4. The van der Waals surface area contributed by atoms with Crippen LogP contribution in [-0.4, -0.2) is 56.6 Å². The molecule has 4 heterocycles. The van der Waals surface area contributed by atoms with Gasteiger partial charge in [-0.2, -0.15) is 0 Å². The second-order valence-electron chi connectivity index (χ2n) is 8.47. The first kappa shape index (κ1) is 19.7. The molecule has 9 heteroatoms. The van der Waals surface area contributed by atoms with Crippen LogP contribution in [0.2, 0.25) is 0 Å². The van der Waals surface area contributed by atoms with Crippen LogP contribution < -0.4 is 10.7 Å². The Labute approximate surface area is 177 Å². The summed E-state index contributed by atoms with van der Waals surface area (Å²) in [7, 11) is 0. The summed E-state index contributed by atoms with van der Waals surface area (Å²) in [6.45, 7) is 3.52. The molecule has 2 amide bonds. The van der Waals surface area contributed by atoms with Gasteiger partial charge in [0.05, 0.1) is 6.54 Å². The molecule has 162 valence electrons. The largest absolute Gasteiger partial charge is 0.503 e. The van der Waals surface area contributed by atoms with Gasteiger partial charge in [0.2, 0.25) is 5.43 Å². The number of hydrogen-bond donors (Lipinski definition) is 2. The molecule has 2 fully saturated rings. The fourth-order valence-corrected chi connectivity index (χ4v) is 4.95. The molecular weight excluding hydrogens is 403 g/mol. The second-order valence-corrected chi connectivity index (χ2v) is 8.47. The summed E-state index contributed by atoms with van der Waals surface area (Å²) < 4.78 is 15.5. The highest BCUT2D eigenvalue weighted by atomic mass is 19.1. The van der Waals surface area contributed by atoms with Crippen molar-refractivity contribution in [3.8, 4) is 5.75 Å². The SMILES string of the molecule is Cc1ccc(CNC(=O)c2cn3c(c(O)c2=O)C(=O)N2C[C@H]4CCCN4[C@@H]2C3)c(F)c1. The molecule has 0 spiro atoms. The van der Waals surface area contributed by atoms with Gasteiger partial charge in [0.25, 0.3) is 11.8 Å². The van der Waals surface area contributed by atoms with Gasteiger partial charge in [-0.1, -0.05) is 12.1 Å². The van der Waals surface area contributed by atoms with Crippen molar-refractivity contribution in [1.29, 1.82) is 0 Å². The van der Waals surface area contributed by atoms with Crippen LogP contribution in [0.3, 0.4) is 0 Å². The molecule has 1 aromatic carbocycles. The fourth-order valence-electron chi connectivity index (χ4n) is 4.95. The molecule has 3 aliphatic rings. The molecule has 0 bridgehead atoms. The molecule has 2 atom stereocenters. The number of hydrogen-bond acceptors (Lipinski definition) is 5. The van der Waals surface area contributed by atoms with Crippen LogP contribution in [0.4, 0.5) is 4.39 Å². The summed E-state index contributed by atoms with van der Waals surface area (Å²) in [5.41, 5.74) is -0.205. The third-order valence-corrected chi connectivity index (χ3v) is 6.54. The van der Waals surface area contributed by atoms with Crippen molar-refractivity contribution in [1.82, 2.24) is 19.7 Å². The summed E-state index contributed by atoms with van der Waals surface area (Å²) in [5, 5.41) is 13.0. The summed E-state index contributed by atoms with van der Waals surface area (Å²) in [5.74, 6) is -2.29. The van der Waals surface area contributed by atoms with Gasteiger partial charge >= 0.3 is 0 Å². The van der Waals surface area contributed by atoms with Crippen molar-refractivity contribution in [3.05, 3.63) is 62.8 Å². The maximum atomic E-state index is 14.0. The molecule has 2 saturated heterocycles. The molecule has 0 radical (unpaired) electrons. The van der Waals surface area contributed by atoms with E-state index in [-0.39, 0.29) is 29.5 Å². The molecule has 5 rings (SSSR count). The Morgan fingerprint density at radius 1 is 1.29 bits per heavy atom. The van der Waals surface area contributed by atoms with Gasteiger partial charge in [0.15, 0.2) is 11.4 Å². The zero-order valence-corrected chi connectivity index (χ0v) is 17.1. The molecule has 2 aromatic rings. The third-order valence-electron chi connectivity index (χ3n) is 6.54. The average molecular weight is 426 g/mol. The van der Waals surface area contributed by atoms with E-state index in [9.17, 15) is 23.9 Å². The fraction of sp³-hybridized carbons (Fsp3) is 0.409. The number of halogens is 1. The Bertz CT molecular complexity index is 1160. The van der Waals surface area contributed by atoms with E-state index in [1.807, 2.05) is 0 Å². The van der Waals surface area contributed by atoms with Crippen LogP contribution >= 0.6 is 0 Å². The lowest BCUT2D eigenvalue weighted by atomic mass is 10.1. The highest BCUT2D eigenvalue weighted by molar-refractivity contribution is 5.99. The van der Waals surface area contributed by atoms with Gasteiger partial charge < -0.3 is 19.9 Å². The van der Waals surface area contributed by atoms with Crippen molar-refractivity contribution in [2.24, 2.45) is 0 Å². The summed E-state index contributed by atoms with van der Waals surface area (Å²) >= 11 is 0. The van der Waals surface area contributed by atoms with Gasteiger partial charge in [0, 0.05) is 37.4 Å². The van der Waals surface area contributed by atoms with Gasteiger partial charge in [0.1, 0.15) is 17.5 Å². The molecule has 3 aliphatic heterocycles. The highest BCUT2D eigenvalue weighted by Gasteiger charge is 2.48. The minimum Gasteiger partial charge on any atom is -0.503 e. The Kier molecular flexibility index (Phi) is 4.58. The predicted molar refractivity (Wildman–Crippen MR) is 109 cm³/mol. The molecule has 2 N–H and O–H groups in total. The van der Waals surface area contributed by atoms with Crippen molar-refractivity contribution in [3.63, 3.8) is 0 Å². The van der Waals surface area contributed by atoms with Gasteiger partial charge in [-0.15, -0.1) is 0 Å². The van der Waals surface area contributed by atoms with Crippen molar-refractivity contribution >= 4 is 11.8 Å². The van der Waals surface area contributed by atoms with E-state index in [0.717, 1.165) is 24.9 Å². The van der Waals surface area contributed by atoms with E-state index in [4.69, 9.17) is 0 Å². The predicted octanol–water partition coefficient (Wildman–Crippen LogP) is 1.19. The number of amides is 2. The normalized spacial score (nSPS) is 22.3. The first-order valence-corrected chi connectivity index (χ1v) is 10.4. The van der Waals surface area contributed by atoms with E-state index < -0.39 is 28.8 Å². The number of benzene rings is 1. The number of aromatic nitrogens is 1. The molecule has 1 aromatic heterocycles. The van der Waals surface area contributed by atoms with E-state index in [1.165, 1.54) is 16.8 Å². The van der Waals surface area contributed by atoms with E-state index in [0.29, 0.717) is 19.1 Å². The summed E-state index contributed by atoms with van der Waals surface area (Å²) in [6.07, 6.45) is 3.28. The van der Waals surface area contributed by atoms with Crippen LogP contribution in [0.15, 0.2) is 29.2 Å². The maximum Gasteiger partial charge on any atom is 0.275 e. The van der Waals surface area contributed by atoms with Crippen LogP contribution in [-0.2, 0) is 13.1 Å². The quantitative estimate of drug-likeness (QED) is 0.769. The monoisotopic (exact) mass is 426 g/mol. The number of nitrogens with one attached hydrogen (secondary N) is 1. The lowest BCUT2D eigenvalue weighted by molar-refractivity contribution is 0.0513. The zero-order chi connectivity index (χ0) is 21.9. The van der Waals surface area contributed by atoms with E-state index in [2.05, 4.69) is 10.2 Å². The highest BCUT2D eigenvalue weighted by Crippen LogP contribution is 2.35. The van der Waals surface area contributed by atoms with Crippen molar-refractivity contribution in [2.75, 3.05) is 13.1 Å². The molecule has 0 unspecified atom stereocenters. The average Bonchev–Trinajstić information content (AvgIpc) is 3.32. The van der Waals surface area contributed by atoms with Gasteiger partial charge in [-0.3, -0.25) is 19.3 Å². The third kappa shape index (κ3) is 3.11. The number of aryl methyl sites for hydroxylation is 1. The Hall–Kier alpha value is -3.20.